The van der Waals surface area contributed by atoms with Gasteiger partial charge in [0.1, 0.15) is 6.04 Å². The van der Waals surface area contributed by atoms with E-state index in [9.17, 15) is 19.5 Å². The number of fused-ring (bicyclic) bond motifs is 1. The lowest BCUT2D eigenvalue weighted by Crippen LogP contribution is -2.56. The lowest BCUT2D eigenvalue weighted by Gasteiger charge is -2.40. The quantitative estimate of drug-likeness (QED) is 0.210. The SMILES string of the molecule is C=CCCCOC(=O)[C@@H]1[C@@H]2CCC3(S2)C(C(=O)N(CC=C)c2cc(C)ccc2C)N([C@H](CO)c2ccccc2)C(=O)[C@H]13. The lowest BCUT2D eigenvalue weighted by molar-refractivity contribution is -0.154. The number of hydrogen-bond donors (Lipinski definition) is 1. The summed E-state index contributed by atoms with van der Waals surface area (Å²) in [5.41, 5.74) is 3.46. The summed E-state index contributed by atoms with van der Waals surface area (Å²) in [6.45, 7) is 11.8. The van der Waals surface area contributed by atoms with Gasteiger partial charge >= 0.3 is 5.97 Å². The van der Waals surface area contributed by atoms with Crippen LogP contribution in [0.4, 0.5) is 5.69 Å². The van der Waals surface area contributed by atoms with E-state index in [1.807, 2.05) is 62.4 Å². The Hall–Kier alpha value is -3.36. The summed E-state index contributed by atoms with van der Waals surface area (Å²) >= 11 is 1.60. The van der Waals surface area contributed by atoms with Gasteiger partial charge in [-0.05, 0) is 62.3 Å². The number of carbonyl (C=O) groups excluding carboxylic acids is 3. The van der Waals surface area contributed by atoms with Crippen LogP contribution < -0.4 is 4.90 Å². The predicted molar refractivity (Wildman–Crippen MR) is 166 cm³/mol. The highest BCUT2D eigenvalue weighted by Crippen LogP contribution is 2.67. The summed E-state index contributed by atoms with van der Waals surface area (Å²) in [5, 5.41) is 10.6. The Balaban J connectivity index is 1.60. The third-order valence-electron chi connectivity index (χ3n) is 8.97. The third kappa shape index (κ3) is 5.09. The second kappa shape index (κ2) is 12.5. The highest BCUT2D eigenvalue weighted by atomic mass is 32.2. The Morgan fingerprint density at radius 2 is 1.95 bits per heavy atom. The van der Waals surface area contributed by atoms with Crippen LogP contribution in [-0.4, -0.2) is 63.6 Å². The van der Waals surface area contributed by atoms with Crippen LogP contribution >= 0.6 is 11.8 Å². The molecule has 0 aliphatic carbocycles. The van der Waals surface area contributed by atoms with Crippen molar-refractivity contribution in [2.45, 2.75) is 61.6 Å². The molecule has 1 N–H and O–H groups in total. The maximum Gasteiger partial charge on any atom is 0.310 e. The van der Waals surface area contributed by atoms with Crippen molar-refractivity contribution in [1.82, 2.24) is 4.90 Å². The van der Waals surface area contributed by atoms with Crippen molar-refractivity contribution in [2.24, 2.45) is 11.8 Å². The maximum absolute atomic E-state index is 14.9. The number of nitrogens with zero attached hydrogens (tertiary/aromatic N) is 2. The first-order valence-electron chi connectivity index (χ1n) is 14.7. The number of ether oxygens (including phenoxy) is 1. The van der Waals surface area contributed by atoms with E-state index in [0.29, 0.717) is 12.8 Å². The molecule has 2 aromatic carbocycles. The first-order valence-corrected chi connectivity index (χ1v) is 15.6. The number of aliphatic hydroxyl groups is 1. The van der Waals surface area contributed by atoms with Gasteiger partial charge in [-0.25, -0.2) is 0 Å². The molecule has 3 saturated heterocycles. The van der Waals surface area contributed by atoms with E-state index in [4.69, 9.17) is 4.74 Å². The number of aliphatic hydroxyl groups excluding tert-OH is 1. The molecule has 5 rings (SSSR count). The van der Waals surface area contributed by atoms with E-state index < -0.39 is 28.7 Å². The smallest absolute Gasteiger partial charge is 0.310 e. The molecule has 8 heteroatoms. The van der Waals surface area contributed by atoms with Crippen LogP contribution in [0.2, 0.25) is 0 Å². The molecular formula is C34H40N2O5S. The monoisotopic (exact) mass is 588 g/mol. The Morgan fingerprint density at radius 1 is 1.19 bits per heavy atom. The van der Waals surface area contributed by atoms with Crippen molar-refractivity contribution in [2.75, 3.05) is 24.7 Å². The number of benzene rings is 2. The number of anilines is 1. The van der Waals surface area contributed by atoms with Crippen LogP contribution in [0.25, 0.3) is 0 Å². The number of rotatable bonds is 12. The highest BCUT2D eigenvalue weighted by molar-refractivity contribution is 8.02. The zero-order chi connectivity index (χ0) is 30.0. The molecule has 3 aliphatic rings. The van der Waals surface area contributed by atoms with Crippen LogP contribution in [0.5, 0.6) is 0 Å². The molecular weight excluding hydrogens is 548 g/mol. The number of thioether (sulfide) groups is 1. The predicted octanol–water partition coefficient (Wildman–Crippen LogP) is 5.16. The average molecular weight is 589 g/mol. The molecule has 1 spiro atoms. The fourth-order valence-electron chi connectivity index (χ4n) is 7.09. The first-order chi connectivity index (χ1) is 20.3. The van der Waals surface area contributed by atoms with Crippen LogP contribution in [-0.2, 0) is 19.1 Å². The van der Waals surface area contributed by atoms with Gasteiger partial charge in [0.25, 0.3) is 5.91 Å². The molecule has 2 unspecified atom stereocenters. The van der Waals surface area contributed by atoms with E-state index >= 15 is 0 Å². The van der Waals surface area contributed by atoms with Crippen LogP contribution in [0.15, 0.2) is 73.8 Å². The number of allylic oxidation sites excluding steroid dienone is 1. The number of amides is 2. The molecule has 2 amide bonds. The van der Waals surface area contributed by atoms with Gasteiger partial charge < -0.3 is 19.6 Å². The zero-order valence-corrected chi connectivity index (χ0v) is 25.2. The van der Waals surface area contributed by atoms with Gasteiger partial charge in [-0.3, -0.25) is 14.4 Å². The van der Waals surface area contributed by atoms with Crippen molar-refractivity contribution in [3.8, 4) is 0 Å². The normalized spacial score (nSPS) is 26.5. The molecule has 3 fully saturated rings. The molecule has 3 heterocycles. The molecule has 6 atom stereocenters. The summed E-state index contributed by atoms with van der Waals surface area (Å²) in [4.78, 5) is 46.3. The van der Waals surface area contributed by atoms with Crippen molar-refractivity contribution in [3.63, 3.8) is 0 Å². The van der Waals surface area contributed by atoms with Gasteiger partial charge in [0, 0.05) is 17.5 Å². The summed E-state index contributed by atoms with van der Waals surface area (Å²) in [6, 6.07) is 13.7. The second-order valence-corrected chi connectivity index (χ2v) is 13.1. The standard InChI is InChI=1S/C34H40N2O5S/c1-5-7-11-19-41-33(40)28-27-16-17-34(42-27)29(28)31(38)36(26(21-37)24-12-9-8-10-13-24)30(34)32(39)35(18-6-2)25-20-22(3)14-15-23(25)4/h5-6,8-10,12-15,20,26-30,37H,1-2,7,11,16-19,21H2,3-4H3/t26-,27+,28-,29+,30?,34?/m1/s1. The van der Waals surface area contributed by atoms with Gasteiger partial charge in [0.05, 0.1) is 35.8 Å². The largest absolute Gasteiger partial charge is 0.465 e. The summed E-state index contributed by atoms with van der Waals surface area (Å²) in [5.74, 6) is -2.20. The minimum Gasteiger partial charge on any atom is -0.465 e. The Kier molecular flexibility index (Phi) is 8.94. The number of carbonyl (C=O) groups is 3. The lowest BCUT2D eigenvalue weighted by atomic mass is 9.71. The van der Waals surface area contributed by atoms with Crippen molar-refractivity contribution in [1.29, 1.82) is 0 Å². The van der Waals surface area contributed by atoms with Crippen LogP contribution in [0, 0.1) is 25.7 Å². The molecule has 0 saturated carbocycles. The van der Waals surface area contributed by atoms with Gasteiger partial charge in [-0.2, -0.15) is 0 Å². The van der Waals surface area contributed by atoms with E-state index in [2.05, 4.69) is 13.2 Å². The number of aryl methyl sites for hydroxylation is 2. The molecule has 222 valence electrons. The fraction of sp³-hybridized carbons (Fsp3) is 0.441. The van der Waals surface area contributed by atoms with Gasteiger partial charge in [-0.1, -0.05) is 54.6 Å². The molecule has 2 aromatic rings. The first kappa shape index (κ1) is 30.1. The topological polar surface area (TPSA) is 87.2 Å². The van der Waals surface area contributed by atoms with Crippen molar-refractivity contribution in [3.05, 3.63) is 90.5 Å². The van der Waals surface area contributed by atoms with Crippen LogP contribution in [0.1, 0.15) is 48.4 Å². The highest BCUT2D eigenvalue weighted by Gasteiger charge is 2.75. The molecule has 2 bridgehead atoms. The van der Waals surface area contributed by atoms with Crippen molar-refractivity contribution < 1.29 is 24.2 Å². The third-order valence-corrected chi connectivity index (χ3v) is 10.9. The zero-order valence-electron chi connectivity index (χ0n) is 24.4. The summed E-state index contributed by atoms with van der Waals surface area (Å²) < 4.78 is 4.89. The molecule has 42 heavy (non-hydrogen) atoms. The Labute approximate surface area is 252 Å². The number of unbranched alkanes of at least 4 members (excludes halogenated alkanes) is 1. The minimum absolute atomic E-state index is 0.0961. The molecule has 0 aromatic heterocycles. The Morgan fingerprint density at radius 3 is 2.64 bits per heavy atom. The number of hydrogen-bond acceptors (Lipinski definition) is 6. The number of esters is 1. The average Bonchev–Trinajstić information content (AvgIpc) is 3.64. The van der Waals surface area contributed by atoms with E-state index in [1.54, 1.807) is 33.7 Å². The fourth-order valence-corrected chi connectivity index (χ4v) is 9.28. The Bertz CT molecular complexity index is 1360. The summed E-state index contributed by atoms with van der Waals surface area (Å²) in [7, 11) is 0. The van der Waals surface area contributed by atoms with E-state index in [0.717, 1.165) is 35.2 Å². The summed E-state index contributed by atoms with van der Waals surface area (Å²) in [6.07, 6.45) is 6.24. The van der Waals surface area contributed by atoms with E-state index in [1.165, 1.54) is 0 Å². The minimum atomic E-state index is -0.874. The van der Waals surface area contributed by atoms with E-state index in [-0.39, 0.29) is 42.8 Å². The van der Waals surface area contributed by atoms with Crippen molar-refractivity contribution >= 4 is 35.2 Å². The van der Waals surface area contributed by atoms with Crippen LogP contribution in [0.3, 0.4) is 0 Å². The van der Waals surface area contributed by atoms with Gasteiger partial charge in [0.15, 0.2) is 0 Å². The maximum atomic E-state index is 14.9. The number of likely N-dealkylation sites (tertiary alicyclic amines) is 1. The molecule has 0 radical (unpaired) electrons. The second-order valence-electron chi connectivity index (χ2n) is 11.5. The molecule has 3 aliphatic heterocycles. The van der Waals surface area contributed by atoms with Gasteiger partial charge in [-0.15, -0.1) is 24.9 Å². The molecule has 7 nitrogen and oxygen atoms in total. The van der Waals surface area contributed by atoms with Gasteiger partial charge in [0.2, 0.25) is 5.91 Å².